The highest BCUT2D eigenvalue weighted by Crippen LogP contribution is 2.32. The van der Waals surface area contributed by atoms with Gasteiger partial charge in [0.05, 0.1) is 20.3 Å². The molecule has 0 aromatic heterocycles. The first-order chi connectivity index (χ1) is 9.20. The van der Waals surface area contributed by atoms with Crippen LogP contribution < -0.4 is 14.8 Å². The molecule has 1 aliphatic rings. The molecule has 1 atom stereocenters. The van der Waals surface area contributed by atoms with Crippen LogP contribution in [0.15, 0.2) is 18.2 Å². The number of hydrogen-bond donors (Lipinski definition) is 1. The Hall–Kier alpha value is -1.43. The molecule has 0 spiro atoms. The van der Waals surface area contributed by atoms with Gasteiger partial charge in [0.15, 0.2) is 11.5 Å². The van der Waals surface area contributed by atoms with E-state index in [0.29, 0.717) is 19.8 Å². The second-order valence-electron chi connectivity index (χ2n) is 4.08. The molecule has 5 nitrogen and oxygen atoms in total. The van der Waals surface area contributed by atoms with Crippen molar-refractivity contribution in [2.24, 2.45) is 0 Å². The van der Waals surface area contributed by atoms with Gasteiger partial charge in [0.1, 0.15) is 4.83 Å². The van der Waals surface area contributed by atoms with Crippen LogP contribution in [0.1, 0.15) is 6.42 Å². The van der Waals surface area contributed by atoms with Crippen molar-refractivity contribution < 1.29 is 19.0 Å². The van der Waals surface area contributed by atoms with Gasteiger partial charge in [-0.15, -0.1) is 0 Å². The summed E-state index contributed by atoms with van der Waals surface area (Å²) in [4.78, 5) is 10.9. The highest BCUT2D eigenvalue weighted by Gasteiger charge is 2.15. The molecule has 2 rings (SSSR count). The molecular weight excluding hydrogens is 314 g/mol. The number of rotatable bonds is 4. The average Bonchev–Trinajstić information content (AvgIpc) is 2.68. The lowest BCUT2D eigenvalue weighted by molar-refractivity contribution is -0.139. The SMILES string of the molecule is COC(=O)C(Br)CNc1ccc2c(c1)OCCCO2. The van der Waals surface area contributed by atoms with Crippen LogP contribution >= 0.6 is 15.9 Å². The molecule has 1 aromatic carbocycles. The van der Waals surface area contributed by atoms with Crippen LogP contribution in [0.5, 0.6) is 11.5 Å². The number of carbonyl (C=O) groups is 1. The summed E-state index contributed by atoms with van der Waals surface area (Å²) >= 11 is 3.26. The Morgan fingerprint density at radius 3 is 2.89 bits per heavy atom. The third kappa shape index (κ3) is 3.76. The monoisotopic (exact) mass is 329 g/mol. The number of ether oxygens (including phenoxy) is 3. The normalized spacial score (nSPS) is 15.3. The number of esters is 1. The van der Waals surface area contributed by atoms with Crippen LogP contribution in [0, 0.1) is 0 Å². The number of benzene rings is 1. The fraction of sp³-hybridized carbons (Fsp3) is 0.462. The maximum absolute atomic E-state index is 11.3. The van der Waals surface area contributed by atoms with Gasteiger partial charge in [-0.3, -0.25) is 4.79 Å². The Labute approximate surface area is 120 Å². The van der Waals surface area contributed by atoms with Gasteiger partial charge < -0.3 is 19.5 Å². The highest BCUT2D eigenvalue weighted by atomic mass is 79.9. The first kappa shape index (κ1) is 14.0. The molecule has 1 N–H and O–H groups in total. The second kappa shape index (κ2) is 6.65. The molecule has 0 saturated carbocycles. The van der Waals surface area contributed by atoms with Crippen LogP contribution in [0.3, 0.4) is 0 Å². The zero-order valence-corrected chi connectivity index (χ0v) is 12.2. The topological polar surface area (TPSA) is 56.8 Å². The molecule has 1 unspecified atom stereocenters. The number of nitrogens with one attached hydrogen (secondary N) is 1. The summed E-state index contributed by atoms with van der Waals surface area (Å²) in [7, 11) is 1.37. The summed E-state index contributed by atoms with van der Waals surface area (Å²) in [6.45, 7) is 1.76. The predicted octanol–water partition coefficient (Wildman–Crippen LogP) is 2.20. The first-order valence-corrected chi connectivity index (χ1v) is 6.97. The summed E-state index contributed by atoms with van der Waals surface area (Å²) in [5, 5.41) is 3.15. The second-order valence-corrected chi connectivity index (χ2v) is 5.19. The number of alkyl halides is 1. The summed E-state index contributed by atoms with van der Waals surface area (Å²) in [6.07, 6.45) is 0.878. The number of halogens is 1. The van der Waals surface area contributed by atoms with Crippen LogP contribution in [0.2, 0.25) is 0 Å². The zero-order valence-electron chi connectivity index (χ0n) is 10.6. The summed E-state index contributed by atoms with van der Waals surface area (Å²) in [6, 6.07) is 5.63. The maximum Gasteiger partial charge on any atom is 0.321 e. The van der Waals surface area contributed by atoms with E-state index in [1.807, 2.05) is 18.2 Å². The Kier molecular flexibility index (Phi) is 4.90. The maximum atomic E-state index is 11.3. The van der Waals surface area contributed by atoms with Gasteiger partial charge in [-0.1, -0.05) is 15.9 Å². The van der Waals surface area contributed by atoms with Gasteiger partial charge >= 0.3 is 5.97 Å². The Bertz CT molecular complexity index is 452. The Morgan fingerprint density at radius 1 is 1.42 bits per heavy atom. The fourth-order valence-electron chi connectivity index (χ4n) is 1.69. The number of anilines is 1. The van der Waals surface area contributed by atoms with Crippen molar-refractivity contribution >= 4 is 27.6 Å². The van der Waals surface area contributed by atoms with Crippen molar-refractivity contribution in [3.63, 3.8) is 0 Å². The van der Waals surface area contributed by atoms with Crippen LogP contribution in [-0.4, -0.2) is 37.7 Å². The van der Waals surface area contributed by atoms with Gasteiger partial charge in [-0.2, -0.15) is 0 Å². The van der Waals surface area contributed by atoms with E-state index < -0.39 is 0 Å². The fourth-order valence-corrected chi connectivity index (χ4v) is 2.04. The van der Waals surface area contributed by atoms with E-state index in [-0.39, 0.29) is 10.8 Å². The van der Waals surface area contributed by atoms with Gasteiger partial charge in [-0.25, -0.2) is 0 Å². The minimum Gasteiger partial charge on any atom is -0.490 e. The van der Waals surface area contributed by atoms with E-state index in [0.717, 1.165) is 23.6 Å². The van der Waals surface area contributed by atoms with E-state index in [4.69, 9.17) is 9.47 Å². The Morgan fingerprint density at radius 2 is 2.16 bits per heavy atom. The minimum atomic E-state index is -0.381. The molecule has 0 bridgehead atoms. The lowest BCUT2D eigenvalue weighted by Crippen LogP contribution is -2.24. The molecule has 1 heterocycles. The summed E-state index contributed by atoms with van der Waals surface area (Å²) in [5.41, 5.74) is 0.873. The van der Waals surface area contributed by atoms with E-state index in [1.54, 1.807) is 0 Å². The molecule has 0 fully saturated rings. The van der Waals surface area contributed by atoms with Crippen molar-refractivity contribution in [1.82, 2.24) is 0 Å². The van der Waals surface area contributed by atoms with Crippen molar-refractivity contribution in [2.75, 3.05) is 32.2 Å². The van der Waals surface area contributed by atoms with E-state index in [2.05, 4.69) is 26.0 Å². The summed E-state index contributed by atoms with van der Waals surface area (Å²) in [5.74, 6) is 1.18. The molecule has 6 heteroatoms. The zero-order chi connectivity index (χ0) is 13.7. The average molecular weight is 330 g/mol. The standard InChI is InChI=1S/C13H16BrNO4/c1-17-13(16)10(14)8-15-9-3-4-11-12(7-9)19-6-2-5-18-11/h3-4,7,10,15H,2,5-6,8H2,1H3. The van der Waals surface area contributed by atoms with Crippen LogP contribution in [0.25, 0.3) is 0 Å². The van der Waals surface area contributed by atoms with Crippen molar-refractivity contribution in [2.45, 2.75) is 11.2 Å². The smallest absolute Gasteiger partial charge is 0.321 e. The molecule has 104 valence electrons. The largest absolute Gasteiger partial charge is 0.490 e. The minimum absolute atomic E-state index is 0.304. The van der Waals surface area contributed by atoms with Gasteiger partial charge in [0.2, 0.25) is 0 Å². The van der Waals surface area contributed by atoms with Gasteiger partial charge in [0.25, 0.3) is 0 Å². The third-order valence-electron chi connectivity index (χ3n) is 2.69. The highest BCUT2D eigenvalue weighted by molar-refractivity contribution is 9.10. The number of fused-ring (bicyclic) bond motifs is 1. The van der Waals surface area contributed by atoms with Crippen molar-refractivity contribution in [3.05, 3.63) is 18.2 Å². The van der Waals surface area contributed by atoms with Gasteiger partial charge in [-0.05, 0) is 12.1 Å². The third-order valence-corrected chi connectivity index (χ3v) is 3.39. The molecule has 0 saturated heterocycles. The van der Waals surface area contributed by atoms with Crippen molar-refractivity contribution in [1.29, 1.82) is 0 Å². The van der Waals surface area contributed by atoms with Crippen LogP contribution in [0.4, 0.5) is 5.69 Å². The molecular formula is C13H16BrNO4. The quantitative estimate of drug-likeness (QED) is 0.678. The summed E-state index contributed by atoms with van der Waals surface area (Å²) < 4.78 is 15.8. The molecule has 1 aromatic rings. The molecule has 19 heavy (non-hydrogen) atoms. The van der Waals surface area contributed by atoms with E-state index in [9.17, 15) is 4.79 Å². The Balaban J connectivity index is 1.98. The predicted molar refractivity (Wildman–Crippen MR) is 75.3 cm³/mol. The molecule has 1 aliphatic heterocycles. The van der Waals surface area contributed by atoms with Gasteiger partial charge in [0, 0.05) is 24.7 Å². The van der Waals surface area contributed by atoms with Crippen LogP contribution in [-0.2, 0) is 9.53 Å². The lowest BCUT2D eigenvalue weighted by atomic mass is 10.2. The lowest BCUT2D eigenvalue weighted by Gasteiger charge is -2.13. The van der Waals surface area contributed by atoms with E-state index >= 15 is 0 Å². The number of methoxy groups -OCH3 is 1. The number of carbonyl (C=O) groups excluding carboxylic acids is 1. The molecule has 0 radical (unpaired) electrons. The number of hydrogen-bond acceptors (Lipinski definition) is 5. The first-order valence-electron chi connectivity index (χ1n) is 6.06. The molecule has 0 amide bonds. The van der Waals surface area contributed by atoms with E-state index in [1.165, 1.54) is 7.11 Å². The molecule has 0 aliphatic carbocycles. The van der Waals surface area contributed by atoms with Crippen molar-refractivity contribution in [3.8, 4) is 11.5 Å².